The van der Waals surface area contributed by atoms with Crippen molar-refractivity contribution >= 4 is 5.91 Å². The highest BCUT2D eigenvalue weighted by atomic mass is 16.7. The molecule has 0 saturated carbocycles. The zero-order valence-electron chi connectivity index (χ0n) is 12.7. The highest BCUT2D eigenvalue weighted by molar-refractivity contribution is 5.82. The normalized spacial score (nSPS) is 20.5. The monoisotopic (exact) mass is 306 g/mol. The molecule has 3 rings (SSSR count). The predicted octanol–water partition coefficient (Wildman–Crippen LogP) is 1.35. The molecule has 0 aromatic heterocycles. The fourth-order valence-electron chi connectivity index (χ4n) is 2.86. The van der Waals surface area contributed by atoms with Gasteiger partial charge in [0, 0.05) is 13.2 Å². The highest BCUT2D eigenvalue weighted by Crippen LogP contribution is 2.34. The first-order chi connectivity index (χ1) is 10.6. The van der Waals surface area contributed by atoms with E-state index in [1.165, 1.54) is 0 Å². The minimum absolute atomic E-state index is 0.114. The molecule has 2 atom stereocenters. The minimum Gasteiger partial charge on any atom is -0.454 e. The first-order valence-corrected chi connectivity index (χ1v) is 7.68. The summed E-state index contributed by atoms with van der Waals surface area (Å²) in [5.74, 6) is 1.53. The quantitative estimate of drug-likeness (QED) is 0.877. The lowest BCUT2D eigenvalue weighted by Crippen LogP contribution is -2.47. The van der Waals surface area contributed by atoms with E-state index in [0.717, 1.165) is 24.2 Å². The van der Waals surface area contributed by atoms with Gasteiger partial charge in [-0.05, 0) is 43.4 Å². The maximum Gasteiger partial charge on any atom is 0.237 e. The fourth-order valence-corrected chi connectivity index (χ4v) is 2.86. The molecule has 2 heterocycles. The number of carbonyl (C=O) groups excluding carboxylic acids is 1. The van der Waals surface area contributed by atoms with Crippen molar-refractivity contribution in [1.29, 1.82) is 0 Å². The Hall–Kier alpha value is -1.79. The van der Waals surface area contributed by atoms with Crippen molar-refractivity contribution in [2.75, 3.05) is 20.0 Å². The second-order valence-corrected chi connectivity index (χ2v) is 5.82. The Morgan fingerprint density at radius 1 is 1.27 bits per heavy atom. The van der Waals surface area contributed by atoms with Gasteiger partial charge in [0.15, 0.2) is 11.5 Å². The predicted molar refractivity (Wildman–Crippen MR) is 80.6 cm³/mol. The summed E-state index contributed by atoms with van der Waals surface area (Å²) in [7, 11) is 0. The van der Waals surface area contributed by atoms with Crippen LogP contribution in [0.15, 0.2) is 18.2 Å². The number of hydrogen-bond acceptors (Lipinski definition) is 5. The van der Waals surface area contributed by atoms with Crippen LogP contribution in [0, 0.1) is 5.92 Å². The Kier molecular flexibility index (Phi) is 4.49. The maximum atomic E-state index is 12.3. The number of amides is 1. The van der Waals surface area contributed by atoms with E-state index in [-0.39, 0.29) is 24.7 Å². The molecular formula is C16H22N2O4. The number of carbonyl (C=O) groups is 1. The van der Waals surface area contributed by atoms with Crippen LogP contribution < -0.4 is 20.5 Å². The smallest absolute Gasteiger partial charge is 0.237 e. The van der Waals surface area contributed by atoms with Gasteiger partial charge in [0.1, 0.15) is 0 Å². The van der Waals surface area contributed by atoms with Crippen molar-refractivity contribution < 1.29 is 19.0 Å². The molecule has 2 unspecified atom stereocenters. The van der Waals surface area contributed by atoms with Crippen LogP contribution in [-0.2, 0) is 9.53 Å². The molecule has 1 fully saturated rings. The second-order valence-electron chi connectivity index (χ2n) is 5.82. The van der Waals surface area contributed by atoms with Crippen molar-refractivity contribution in [2.45, 2.75) is 31.8 Å². The molecule has 1 aromatic carbocycles. The standard InChI is InChI=1S/C16H22N2O4/c1-10(12-2-3-13-14(8-12)22-9-21-13)18-16(19)15(17)11-4-6-20-7-5-11/h2-3,8,10-11,15H,4-7,9,17H2,1H3,(H,18,19). The molecule has 3 N–H and O–H groups in total. The largest absolute Gasteiger partial charge is 0.454 e. The second kappa shape index (κ2) is 6.54. The number of benzene rings is 1. The highest BCUT2D eigenvalue weighted by Gasteiger charge is 2.27. The summed E-state index contributed by atoms with van der Waals surface area (Å²) < 4.78 is 16.0. The molecule has 0 spiro atoms. The molecule has 2 aliphatic rings. The number of rotatable bonds is 4. The third-order valence-corrected chi connectivity index (χ3v) is 4.33. The van der Waals surface area contributed by atoms with E-state index < -0.39 is 6.04 Å². The summed E-state index contributed by atoms with van der Waals surface area (Å²) in [5, 5.41) is 2.98. The SMILES string of the molecule is CC(NC(=O)C(N)C1CCOCC1)c1ccc2c(c1)OCO2. The van der Waals surface area contributed by atoms with E-state index in [1.54, 1.807) is 0 Å². The summed E-state index contributed by atoms with van der Waals surface area (Å²) in [6.45, 7) is 3.55. The number of ether oxygens (including phenoxy) is 3. The van der Waals surface area contributed by atoms with Gasteiger partial charge < -0.3 is 25.3 Å². The Labute approximate surface area is 129 Å². The number of hydrogen-bond donors (Lipinski definition) is 2. The molecule has 6 nitrogen and oxygen atoms in total. The van der Waals surface area contributed by atoms with Crippen LogP contribution in [0.3, 0.4) is 0 Å². The van der Waals surface area contributed by atoms with Crippen LogP contribution in [0.2, 0.25) is 0 Å². The van der Waals surface area contributed by atoms with Crippen molar-refractivity contribution in [3.05, 3.63) is 23.8 Å². The van der Waals surface area contributed by atoms with Gasteiger partial charge >= 0.3 is 0 Å². The molecule has 0 radical (unpaired) electrons. The Balaban J connectivity index is 1.60. The Morgan fingerprint density at radius 2 is 2.00 bits per heavy atom. The van der Waals surface area contributed by atoms with Gasteiger partial charge in [0.05, 0.1) is 12.1 Å². The summed E-state index contributed by atoms with van der Waals surface area (Å²) in [4.78, 5) is 12.3. The number of fused-ring (bicyclic) bond motifs is 1. The lowest BCUT2D eigenvalue weighted by molar-refractivity contribution is -0.125. The average molecular weight is 306 g/mol. The van der Waals surface area contributed by atoms with Crippen molar-refractivity contribution in [3.63, 3.8) is 0 Å². The van der Waals surface area contributed by atoms with Crippen LogP contribution in [0.1, 0.15) is 31.4 Å². The first-order valence-electron chi connectivity index (χ1n) is 7.68. The van der Waals surface area contributed by atoms with Crippen molar-refractivity contribution in [1.82, 2.24) is 5.32 Å². The molecule has 1 aromatic rings. The van der Waals surface area contributed by atoms with Crippen molar-refractivity contribution in [2.24, 2.45) is 11.7 Å². The van der Waals surface area contributed by atoms with Gasteiger partial charge in [-0.3, -0.25) is 4.79 Å². The van der Waals surface area contributed by atoms with Crippen LogP contribution in [0.5, 0.6) is 11.5 Å². The average Bonchev–Trinajstić information content (AvgIpc) is 3.02. The van der Waals surface area contributed by atoms with E-state index in [2.05, 4.69) is 5.32 Å². The van der Waals surface area contributed by atoms with Gasteiger partial charge in [-0.15, -0.1) is 0 Å². The van der Waals surface area contributed by atoms with Gasteiger partial charge in [0.25, 0.3) is 0 Å². The van der Waals surface area contributed by atoms with Gasteiger partial charge in [-0.1, -0.05) is 6.07 Å². The zero-order valence-corrected chi connectivity index (χ0v) is 12.7. The molecule has 22 heavy (non-hydrogen) atoms. The summed E-state index contributed by atoms with van der Waals surface area (Å²) in [6, 6.07) is 5.07. The van der Waals surface area contributed by atoms with E-state index >= 15 is 0 Å². The van der Waals surface area contributed by atoms with Crippen LogP contribution in [0.25, 0.3) is 0 Å². The fraction of sp³-hybridized carbons (Fsp3) is 0.562. The van der Waals surface area contributed by atoms with Gasteiger partial charge in [-0.2, -0.15) is 0 Å². The van der Waals surface area contributed by atoms with Gasteiger partial charge in [-0.25, -0.2) is 0 Å². The molecule has 1 saturated heterocycles. The topological polar surface area (TPSA) is 82.8 Å². The summed E-state index contributed by atoms with van der Waals surface area (Å²) >= 11 is 0. The molecule has 6 heteroatoms. The summed E-state index contributed by atoms with van der Waals surface area (Å²) in [5.41, 5.74) is 7.07. The van der Waals surface area contributed by atoms with Crippen LogP contribution >= 0.6 is 0 Å². The van der Waals surface area contributed by atoms with E-state index in [1.807, 2.05) is 25.1 Å². The van der Waals surface area contributed by atoms with E-state index in [4.69, 9.17) is 19.9 Å². The Morgan fingerprint density at radius 3 is 2.77 bits per heavy atom. The van der Waals surface area contributed by atoms with Crippen LogP contribution in [-0.4, -0.2) is 32.0 Å². The zero-order chi connectivity index (χ0) is 15.5. The molecule has 1 amide bonds. The molecule has 120 valence electrons. The lowest BCUT2D eigenvalue weighted by atomic mass is 9.91. The van der Waals surface area contributed by atoms with E-state index in [0.29, 0.717) is 19.0 Å². The third kappa shape index (κ3) is 3.18. The number of nitrogens with one attached hydrogen (secondary N) is 1. The number of nitrogens with two attached hydrogens (primary N) is 1. The van der Waals surface area contributed by atoms with Crippen molar-refractivity contribution in [3.8, 4) is 11.5 Å². The Bertz CT molecular complexity index is 543. The molecule has 0 bridgehead atoms. The van der Waals surface area contributed by atoms with Gasteiger partial charge in [0.2, 0.25) is 12.7 Å². The maximum absolute atomic E-state index is 12.3. The first kappa shape index (κ1) is 15.1. The minimum atomic E-state index is -0.486. The molecule has 0 aliphatic carbocycles. The molecule has 2 aliphatic heterocycles. The summed E-state index contributed by atoms with van der Waals surface area (Å²) in [6.07, 6.45) is 1.68. The van der Waals surface area contributed by atoms with Crippen LogP contribution in [0.4, 0.5) is 0 Å². The lowest BCUT2D eigenvalue weighted by Gasteiger charge is -2.28. The molecular weight excluding hydrogens is 284 g/mol. The van der Waals surface area contributed by atoms with E-state index in [9.17, 15) is 4.79 Å². The third-order valence-electron chi connectivity index (χ3n) is 4.33.